The average molecular weight is 471 g/mol. The van der Waals surface area contributed by atoms with Gasteiger partial charge in [0.25, 0.3) is 0 Å². The van der Waals surface area contributed by atoms with E-state index in [-0.39, 0.29) is 29.6 Å². The van der Waals surface area contributed by atoms with Crippen LogP contribution >= 0.6 is 22.9 Å². The Labute approximate surface area is 181 Å². The van der Waals surface area contributed by atoms with Gasteiger partial charge in [-0.2, -0.15) is 0 Å². The third kappa shape index (κ3) is 6.46. The van der Waals surface area contributed by atoms with Gasteiger partial charge in [0, 0.05) is 18.0 Å². The van der Waals surface area contributed by atoms with Crippen LogP contribution in [0.3, 0.4) is 0 Å². The third-order valence-corrected chi connectivity index (χ3v) is 6.20. The zero-order chi connectivity index (χ0) is 21.6. The van der Waals surface area contributed by atoms with Crippen LogP contribution in [0.25, 0.3) is 0 Å². The minimum atomic E-state index is -3.82. The zero-order valence-electron chi connectivity index (χ0n) is 15.3. The number of rotatable bonds is 9. The van der Waals surface area contributed by atoms with Gasteiger partial charge in [-0.3, -0.25) is 4.79 Å². The highest BCUT2D eigenvalue weighted by Gasteiger charge is 2.15. The van der Waals surface area contributed by atoms with Gasteiger partial charge in [0.15, 0.2) is 5.01 Å². The maximum atomic E-state index is 12.9. The van der Waals surface area contributed by atoms with Crippen LogP contribution in [0.1, 0.15) is 11.4 Å². The maximum absolute atomic E-state index is 12.9. The van der Waals surface area contributed by atoms with Crippen LogP contribution in [-0.2, 0) is 21.4 Å². The van der Waals surface area contributed by atoms with Crippen LogP contribution in [0.2, 0.25) is 5.02 Å². The van der Waals surface area contributed by atoms with E-state index in [1.807, 2.05) is 0 Å². The van der Waals surface area contributed by atoms with Crippen LogP contribution < -0.4 is 14.8 Å². The van der Waals surface area contributed by atoms with Crippen LogP contribution in [0, 0.1) is 5.82 Å². The number of carbonyl (C=O) groups is 1. The van der Waals surface area contributed by atoms with E-state index in [0.29, 0.717) is 15.8 Å². The fourth-order valence-electron chi connectivity index (χ4n) is 2.22. The number of aromatic nitrogens is 2. The smallest absolute Gasteiger partial charge is 0.240 e. The standard InChI is InChI=1S/C18H16ClFN4O4S2/c19-12-1-5-14(6-2-12)28-11-17-23-24-18(29-17)22-16(25)9-10-21-30(26,27)15-7-3-13(20)4-8-15/h1-8,21H,9-11H2,(H,22,24,25). The molecule has 0 aliphatic carbocycles. The fourth-order valence-corrected chi connectivity index (χ4v) is 4.04. The van der Waals surface area contributed by atoms with Gasteiger partial charge in [0.2, 0.25) is 21.1 Å². The van der Waals surface area contributed by atoms with Gasteiger partial charge in [-0.1, -0.05) is 22.9 Å². The van der Waals surface area contributed by atoms with E-state index in [0.717, 1.165) is 35.6 Å². The van der Waals surface area contributed by atoms with Crippen LogP contribution in [0.5, 0.6) is 5.75 Å². The Morgan fingerprint density at radius 3 is 2.50 bits per heavy atom. The first-order chi connectivity index (χ1) is 14.3. The largest absolute Gasteiger partial charge is 0.486 e. The number of carbonyl (C=O) groups excluding carboxylic acids is 1. The Morgan fingerprint density at radius 2 is 1.80 bits per heavy atom. The Bertz CT molecular complexity index is 1110. The van der Waals surface area contributed by atoms with Gasteiger partial charge in [0.05, 0.1) is 4.90 Å². The first-order valence-corrected chi connectivity index (χ1v) is 11.3. The second kappa shape index (κ2) is 9.94. The molecule has 0 bridgehead atoms. The lowest BCUT2D eigenvalue weighted by atomic mass is 10.3. The number of nitrogens with zero attached hydrogens (tertiary/aromatic N) is 2. The molecule has 0 spiro atoms. The molecule has 0 atom stereocenters. The average Bonchev–Trinajstić information content (AvgIpc) is 3.15. The third-order valence-electron chi connectivity index (χ3n) is 3.66. The number of amides is 1. The van der Waals surface area contributed by atoms with E-state index in [9.17, 15) is 17.6 Å². The Morgan fingerprint density at radius 1 is 1.10 bits per heavy atom. The van der Waals surface area contributed by atoms with Crippen molar-refractivity contribution < 1.29 is 22.3 Å². The van der Waals surface area contributed by atoms with Crippen LogP contribution in [0.15, 0.2) is 53.4 Å². The van der Waals surface area contributed by atoms with E-state index < -0.39 is 21.7 Å². The number of hydrogen-bond acceptors (Lipinski definition) is 7. The number of benzene rings is 2. The number of sulfonamides is 1. The quantitative estimate of drug-likeness (QED) is 0.497. The molecule has 0 fully saturated rings. The SMILES string of the molecule is O=C(CCNS(=O)(=O)c1ccc(F)cc1)Nc1nnc(COc2ccc(Cl)cc2)s1. The minimum Gasteiger partial charge on any atom is -0.486 e. The van der Waals surface area contributed by atoms with Gasteiger partial charge in [-0.05, 0) is 48.5 Å². The molecule has 3 aromatic rings. The predicted octanol–water partition coefficient (Wildman–Crippen LogP) is 3.22. The van der Waals surface area contributed by atoms with Gasteiger partial charge < -0.3 is 10.1 Å². The topological polar surface area (TPSA) is 110 Å². The van der Waals surface area contributed by atoms with Crippen molar-refractivity contribution in [2.75, 3.05) is 11.9 Å². The first kappa shape index (κ1) is 22.1. The Hall–Kier alpha value is -2.60. The van der Waals surface area contributed by atoms with E-state index in [1.165, 1.54) is 0 Å². The summed E-state index contributed by atoms with van der Waals surface area (Å²) in [7, 11) is -3.82. The van der Waals surface area contributed by atoms with Crippen molar-refractivity contribution in [3.05, 3.63) is 64.4 Å². The van der Waals surface area contributed by atoms with Gasteiger partial charge in [0.1, 0.15) is 18.2 Å². The number of anilines is 1. The molecular weight excluding hydrogens is 455 g/mol. The number of nitrogens with one attached hydrogen (secondary N) is 2. The summed E-state index contributed by atoms with van der Waals surface area (Å²) in [6.07, 6.45) is -0.114. The summed E-state index contributed by atoms with van der Waals surface area (Å²) in [5.74, 6) is -0.352. The normalized spacial score (nSPS) is 11.3. The van der Waals surface area contributed by atoms with E-state index in [2.05, 4.69) is 20.2 Å². The van der Waals surface area contributed by atoms with E-state index in [4.69, 9.17) is 16.3 Å². The molecule has 1 heterocycles. The summed E-state index contributed by atoms with van der Waals surface area (Å²) in [6.45, 7) is 0.0452. The number of halogens is 2. The second-order valence-electron chi connectivity index (χ2n) is 5.89. The fraction of sp³-hybridized carbons (Fsp3) is 0.167. The van der Waals surface area contributed by atoms with Crippen molar-refractivity contribution >= 4 is 44.0 Å². The lowest BCUT2D eigenvalue weighted by Crippen LogP contribution is -2.27. The Balaban J connectivity index is 1.44. The molecule has 8 nitrogen and oxygen atoms in total. The van der Waals surface area contributed by atoms with Crippen molar-refractivity contribution in [2.45, 2.75) is 17.9 Å². The molecule has 2 aromatic carbocycles. The van der Waals surface area contributed by atoms with Crippen LogP contribution in [0.4, 0.5) is 9.52 Å². The summed E-state index contributed by atoms with van der Waals surface area (Å²) in [5, 5.41) is 11.8. The molecule has 12 heteroatoms. The molecule has 0 saturated carbocycles. The summed E-state index contributed by atoms with van der Waals surface area (Å²) in [6, 6.07) is 11.2. The van der Waals surface area contributed by atoms with Crippen molar-refractivity contribution in [1.29, 1.82) is 0 Å². The van der Waals surface area contributed by atoms with Gasteiger partial charge in [-0.25, -0.2) is 17.5 Å². The van der Waals surface area contributed by atoms with Crippen molar-refractivity contribution in [1.82, 2.24) is 14.9 Å². The molecule has 1 amide bonds. The molecule has 2 N–H and O–H groups in total. The summed E-state index contributed by atoms with van der Waals surface area (Å²) in [4.78, 5) is 11.9. The van der Waals surface area contributed by atoms with Crippen LogP contribution in [-0.4, -0.2) is 31.1 Å². The first-order valence-electron chi connectivity index (χ1n) is 8.58. The molecule has 0 saturated heterocycles. The minimum absolute atomic E-state index is 0.0845. The molecule has 0 aliphatic heterocycles. The number of ether oxygens (including phenoxy) is 1. The van der Waals surface area contributed by atoms with Crippen molar-refractivity contribution in [3.63, 3.8) is 0 Å². The van der Waals surface area contributed by atoms with Crippen molar-refractivity contribution in [3.8, 4) is 5.75 Å². The summed E-state index contributed by atoms with van der Waals surface area (Å²) < 4.78 is 44.9. The highest BCUT2D eigenvalue weighted by atomic mass is 35.5. The molecule has 0 aliphatic rings. The molecule has 0 unspecified atom stereocenters. The second-order valence-corrected chi connectivity index (χ2v) is 9.16. The predicted molar refractivity (Wildman–Crippen MR) is 111 cm³/mol. The molecule has 30 heavy (non-hydrogen) atoms. The van der Waals surface area contributed by atoms with Gasteiger partial charge in [-0.15, -0.1) is 10.2 Å². The molecule has 3 rings (SSSR count). The molecular formula is C18H16ClFN4O4S2. The van der Waals surface area contributed by atoms with Crippen molar-refractivity contribution in [2.24, 2.45) is 0 Å². The van der Waals surface area contributed by atoms with E-state index in [1.54, 1.807) is 24.3 Å². The lowest BCUT2D eigenvalue weighted by Gasteiger charge is -2.06. The van der Waals surface area contributed by atoms with E-state index >= 15 is 0 Å². The zero-order valence-corrected chi connectivity index (χ0v) is 17.7. The lowest BCUT2D eigenvalue weighted by molar-refractivity contribution is -0.116. The molecule has 158 valence electrons. The van der Waals surface area contributed by atoms with Gasteiger partial charge >= 0.3 is 0 Å². The highest BCUT2D eigenvalue weighted by Crippen LogP contribution is 2.20. The maximum Gasteiger partial charge on any atom is 0.240 e. The molecule has 0 radical (unpaired) electrons. The number of hydrogen-bond donors (Lipinski definition) is 2. The summed E-state index contributed by atoms with van der Waals surface area (Å²) >= 11 is 6.95. The monoisotopic (exact) mass is 470 g/mol. The Kier molecular flexibility index (Phi) is 7.32. The highest BCUT2D eigenvalue weighted by molar-refractivity contribution is 7.89. The summed E-state index contributed by atoms with van der Waals surface area (Å²) in [5.41, 5.74) is 0. The molecule has 1 aromatic heterocycles.